The molecule has 0 aromatic heterocycles. The third-order valence-electron chi connectivity index (χ3n) is 2.84. The van der Waals surface area contributed by atoms with Crippen LogP contribution in [0.25, 0.3) is 0 Å². The third-order valence-corrected chi connectivity index (χ3v) is 2.84. The van der Waals surface area contributed by atoms with Gasteiger partial charge in [0.05, 0.1) is 25.9 Å². The summed E-state index contributed by atoms with van der Waals surface area (Å²) in [4.78, 5) is 11.5. The average molecular weight is 252 g/mol. The summed E-state index contributed by atoms with van der Waals surface area (Å²) in [6, 6.07) is 5.00. The molecule has 0 amide bonds. The lowest BCUT2D eigenvalue weighted by Crippen LogP contribution is -2.19. The van der Waals surface area contributed by atoms with Crippen molar-refractivity contribution in [1.82, 2.24) is 0 Å². The predicted molar refractivity (Wildman–Crippen MR) is 69.3 cm³/mol. The molecule has 0 N–H and O–H groups in total. The Bertz CT molecular complexity index is 412. The van der Waals surface area contributed by atoms with Crippen LogP contribution in [-0.2, 0) is 4.74 Å². The molecule has 0 aliphatic heterocycles. The van der Waals surface area contributed by atoms with E-state index in [-0.39, 0.29) is 12.1 Å². The fraction of sp³-hybridized carbons (Fsp3) is 0.500. The molecule has 1 aromatic carbocycles. The highest BCUT2D eigenvalue weighted by molar-refractivity contribution is 5.90. The normalized spacial score (nSPS) is 12.1. The first-order valence-electron chi connectivity index (χ1n) is 5.92. The van der Waals surface area contributed by atoms with Gasteiger partial charge >= 0.3 is 5.97 Å². The highest BCUT2D eigenvalue weighted by Gasteiger charge is 2.15. The van der Waals surface area contributed by atoms with Crippen molar-refractivity contribution in [2.24, 2.45) is 5.92 Å². The summed E-state index contributed by atoms with van der Waals surface area (Å²) in [5, 5.41) is 0. The Morgan fingerprint density at radius 1 is 1.11 bits per heavy atom. The Hall–Kier alpha value is -1.71. The second kappa shape index (κ2) is 6.28. The molecule has 0 saturated heterocycles. The summed E-state index contributed by atoms with van der Waals surface area (Å²) in [5.74, 6) is 1.15. The highest BCUT2D eigenvalue weighted by atomic mass is 16.5. The van der Waals surface area contributed by atoms with Gasteiger partial charge in [-0.05, 0) is 31.0 Å². The molecule has 0 radical (unpaired) electrons. The average Bonchev–Trinajstić information content (AvgIpc) is 2.37. The van der Waals surface area contributed by atoms with E-state index in [1.54, 1.807) is 25.3 Å². The van der Waals surface area contributed by atoms with Crippen LogP contribution < -0.4 is 9.47 Å². The highest BCUT2D eigenvalue weighted by Crippen LogP contribution is 2.30. The maximum absolute atomic E-state index is 11.5. The van der Waals surface area contributed by atoms with E-state index in [0.29, 0.717) is 23.0 Å². The first kappa shape index (κ1) is 14.4. The van der Waals surface area contributed by atoms with Crippen LogP contribution in [0, 0.1) is 5.92 Å². The standard InChI is InChI=1S/C14H20O4/c1-9(2)10(3)18-13-8-11(14(15)17-5)6-7-12(13)16-4/h6-10H,1-5H3. The summed E-state index contributed by atoms with van der Waals surface area (Å²) >= 11 is 0. The molecule has 4 nitrogen and oxygen atoms in total. The van der Waals surface area contributed by atoms with Gasteiger partial charge in [-0.15, -0.1) is 0 Å². The molecule has 100 valence electrons. The molecule has 4 heteroatoms. The zero-order chi connectivity index (χ0) is 13.7. The quantitative estimate of drug-likeness (QED) is 0.756. The number of hydrogen-bond donors (Lipinski definition) is 0. The molecule has 0 spiro atoms. The van der Waals surface area contributed by atoms with Gasteiger partial charge in [-0.1, -0.05) is 13.8 Å². The number of methoxy groups -OCH3 is 2. The molecule has 1 rings (SSSR count). The smallest absolute Gasteiger partial charge is 0.337 e. The van der Waals surface area contributed by atoms with Crippen LogP contribution in [0.2, 0.25) is 0 Å². The Labute approximate surface area is 108 Å². The first-order valence-corrected chi connectivity index (χ1v) is 5.92. The van der Waals surface area contributed by atoms with E-state index in [0.717, 1.165) is 0 Å². The predicted octanol–water partition coefficient (Wildman–Crippen LogP) is 2.91. The van der Waals surface area contributed by atoms with E-state index in [2.05, 4.69) is 18.6 Å². The fourth-order valence-electron chi connectivity index (χ4n) is 1.35. The molecule has 18 heavy (non-hydrogen) atoms. The van der Waals surface area contributed by atoms with Crippen molar-refractivity contribution in [3.05, 3.63) is 23.8 Å². The summed E-state index contributed by atoms with van der Waals surface area (Å²) in [7, 11) is 2.92. The van der Waals surface area contributed by atoms with Gasteiger partial charge in [0, 0.05) is 0 Å². The van der Waals surface area contributed by atoms with Gasteiger partial charge in [-0.25, -0.2) is 4.79 Å². The topological polar surface area (TPSA) is 44.8 Å². The maximum Gasteiger partial charge on any atom is 0.337 e. The van der Waals surface area contributed by atoms with Gasteiger partial charge < -0.3 is 14.2 Å². The van der Waals surface area contributed by atoms with Gasteiger partial charge in [-0.2, -0.15) is 0 Å². The second-order valence-corrected chi connectivity index (χ2v) is 4.42. The van der Waals surface area contributed by atoms with Gasteiger partial charge in [0.15, 0.2) is 11.5 Å². The van der Waals surface area contributed by atoms with Gasteiger partial charge in [0.25, 0.3) is 0 Å². The molecular weight excluding hydrogens is 232 g/mol. The number of carbonyl (C=O) groups is 1. The van der Waals surface area contributed by atoms with Gasteiger partial charge in [0.2, 0.25) is 0 Å². The molecule has 1 unspecified atom stereocenters. The molecule has 1 aromatic rings. The molecule has 0 aliphatic carbocycles. The molecule has 0 fully saturated rings. The Kier molecular flexibility index (Phi) is 5.01. The summed E-state index contributed by atoms with van der Waals surface area (Å²) in [6.45, 7) is 6.12. The number of hydrogen-bond acceptors (Lipinski definition) is 4. The molecule has 0 heterocycles. The monoisotopic (exact) mass is 252 g/mol. The minimum absolute atomic E-state index is 0.0341. The van der Waals surface area contributed by atoms with Crippen molar-refractivity contribution in [3.63, 3.8) is 0 Å². The van der Waals surface area contributed by atoms with E-state index in [1.807, 2.05) is 6.92 Å². The minimum atomic E-state index is -0.389. The first-order chi connectivity index (χ1) is 8.49. The number of rotatable bonds is 5. The Morgan fingerprint density at radius 2 is 1.78 bits per heavy atom. The van der Waals surface area contributed by atoms with Crippen LogP contribution in [0.15, 0.2) is 18.2 Å². The van der Waals surface area contributed by atoms with E-state index in [9.17, 15) is 4.79 Å². The minimum Gasteiger partial charge on any atom is -0.493 e. The lowest BCUT2D eigenvalue weighted by Gasteiger charge is -2.20. The Balaban J connectivity index is 3.02. The van der Waals surface area contributed by atoms with Crippen molar-refractivity contribution in [1.29, 1.82) is 0 Å². The zero-order valence-electron chi connectivity index (χ0n) is 11.5. The van der Waals surface area contributed by atoms with Crippen LogP contribution in [0.1, 0.15) is 31.1 Å². The van der Waals surface area contributed by atoms with Crippen molar-refractivity contribution < 1.29 is 19.0 Å². The van der Waals surface area contributed by atoms with Crippen LogP contribution in [0.3, 0.4) is 0 Å². The SMILES string of the molecule is COC(=O)c1ccc(OC)c(OC(C)C(C)C)c1. The number of benzene rings is 1. The largest absolute Gasteiger partial charge is 0.493 e. The molecular formula is C14H20O4. The van der Waals surface area contributed by atoms with Crippen molar-refractivity contribution in [2.45, 2.75) is 26.9 Å². The van der Waals surface area contributed by atoms with Gasteiger partial charge in [0.1, 0.15) is 0 Å². The lowest BCUT2D eigenvalue weighted by molar-refractivity contribution is 0.0599. The molecule has 0 aliphatic rings. The number of ether oxygens (including phenoxy) is 3. The molecule has 0 bridgehead atoms. The van der Waals surface area contributed by atoms with E-state index < -0.39 is 0 Å². The van der Waals surface area contributed by atoms with E-state index in [1.165, 1.54) is 7.11 Å². The van der Waals surface area contributed by atoms with E-state index in [4.69, 9.17) is 9.47 Å². The fourth-order valence-corrected chi connectivity index (χ4v) is 1.35. The zero-order valence-corrected chi connectivity index (χ0v) is 11.5. The van der Waals surface area contributed by atoms with Crippen LogP contribution in [-0.4, -0.2) is 26.3 Å². The van der Waals surface area contributed by atoms with Crippen molar-refractivity contribution in [3.8, 4) is 11.5 Å². The van der Waals surface area contributed by atoms with Crippen molar-refractivity contribution in [2.75, 3.05) is 14.2 Å². The third kappa shape index (κ3) is 3.39. The summed E-state index contributed by atoms with van der Waals surface area (Å²) < 4.78 is 15.7. The molecule has 0 saturated carbocycles. The van der Waals surface area contributed by atoms with Crippen molar-refractivity contribution >= 4 is 5.97 Å². The summed E-state index contributed by atoms with van der Waals surface area (Å²) in [6.07, 6.45) is 0.0341. The maximum atomic E-state index is 11.5. The van der Waals surface area contributed by atoms with Crippen LogP contribution in [0.5, 0.6) is 11.5 Å². The number of esters is 1. The lowest BCUT2D eigenvalue weighted by atomic mass is 10.1. The van der Waals surface area contributed by atoms with Gasteiger partial charge in [-0.3, -0.25) is 0 Å². The van der Waals surface area contributed by atoms with Crippen LogP contribution in [0.4, 0.5) is 0 Å². The second-order valence-electron chi connectivity index (χ2n) is 4.42. The number of carbonyl (C=O) groups excluding carboxylic acids is 1. The molecule has 1 atom stereocenters. The van der Waals surface area contributed by atoms with E-state index >= 15 is 0 Å². The summed E-state index contributed by atoms with van der Waals surface area (Å²) in [5.41, 5.74) is 0.448. The van der Waals surface area contributed by atoms with Crippen LogP contribution >= 0.6 is 0 Å². The Morgan fingerprint density at radius 3 is 2.28 bits per heavy atom.